The average molecular weight is 485 g/mol. The molecule has 0 radical (unpaired) electrons. The lowest BCUT2D eigenvalue weighted by atomic mass is 9.64. The Morgan fingerprint density at radius 2 is 1.91 bits per heavy atom. The first kappa shape index (κ1) is 24.6. The number of hydrogen-bond donors (Lipinski definition) is 2. The zero-order chi connectivity index (χ0) is 24.7. The lowest BCUT2D eigenvalue weighted by molar-refractivity contribution is -0.148. The molecule has 2 fully saturated rings. The van der Waals surface area contributed by atoms with Crippen LogP contribution in [-0.2, 0) is 0 Å². The van der Waals surface area contributed by atoms with Gasteiger partial charge in [0.1, 0.15) is 5.69 Å². The second-order valence-electron chi connectivity index (χ2n) is 9.72. The number of carbonyl (C=O) groups is 1. The largest absolute Gasteiger partial charge is 0.389 e. The van der Waals surface area contributed by atoms with Crippen molar-refractivity contribution in [3.63, 3.8) is 0 Å². The Bertz CT molecular complexity index is 1110. The molecule has 186 valence electrons. The first-order chi connectivity index (χ1) is 16.0. The molecule has 0 aliphatic heterocycles. The summed E-state index contributed by atoms with van der Waals surface area (Å²) in [6, 6.07) is 2.82. The van der Waals surface area contributed by atoms with Gasteiger partial charge in [0, 0.05) is 50.2 Å². The topological polar surface area (TPSA) is 74.8 Å². The molecule has 2 aliphatic rings. The quantitative estimate of drug-likeness (QED) is 0.557. The van der Waals surface area contributed by atoms with Gasteiger partial charge < -0.3 is 10.3 Å². The zero-order valence-corrected chi connectivity index (χ0v) is 18.9. The third kappa shape index (κ3) is 5.25. The fourth-order valence-corrected chi connectivity index (χ4v) is 5.92. The summed E-state index contributed by atoms with van der Waals surface area (Å²) in [6.07, 6.45) is -2.06. The Morgan fingerprint density at radius 1 is 1.21 bits per heavy atom. The van der Waals surface area contributed by atoms with Gasteiger partial charge in [-0.2, -0.15) is 13.2 Å². The van der Waals surface area contributed by atoms with Gasteiger partial charge in [-0.1, -0.05) is 0 Å². The minimum Gasteiger partial charge on any atom is -0.358 e. The Morgan fingerprint density at radius 3 is 2.56 bits per heavy atom. The maximum Gasteiger partial charge on any atom is 0.389 e. The van der Waals surface area contributed by atoms with E-state index in [4.69, 9.17) is 0 Å². The van der Waals surface area contributed by atoms with Crippen molar-refractivity contribution in [3.8, 4) is 0 Å². The second kappa shape index (κ2) is 9.26. The Labute approximate surface area is 193 Å². The van der Waals surface area contributed by atoms with Crippen molar-refractivity contribution in [3.05, 3.63) is 39.9 Å². The number of rotatable bonds is 4. The van der Waals surface area contributed by atoms with Gasteiger partial charge in [0.2, 0.25) is 5.92 Å². The molecule has 0 spiro atoms. The molecular weight excluding hydrogens is 457 g/mol. The number of aromatic amines is 1. The maximum atomic E-state index is 14.5. The molecule has 2 atom stereocenters. The number of halogens is 5. The van der Waals surface area contributed by atoms with Crippen LogP contribution in [0.5, 0.6) is 0 Å². The molecule has 10 heteroatoms. The molecule has 2 aliphatic carbocycles. The van der Waals surface area contributed by atoms with Crippen LogP contribution < -0.4 is 10.7 Å². The van der Waals surface area contributed by atoms with Gasteiger partial charge in [-0.05, 0) is 55.9 Å². The summed E-state index contributed by atoms with van der Waals surface area (Å²) in [5.74, 6) is -4.58. The van der Waals surface area contributed by atoms with E-state index in [1.165, 1.54) is 25.4 Å². The smallest absolute Gasteiger partial charge is 0.358 e. The Balaban J connectivity index is 1.64. The van der Waals surface area contributed by atoms with Crippen molar-refractivity contribution >= 4 is 16.8 Å². The van der Waals surface area contributed by atoms with Crippen molar-refractivity contribution in [1.82, 2.24) is 15.3 Å². The number of nitrogens with zero attached hydrogens (tertiary/aromatic N) is 1. The van der Waals surface area contributed by atoms with Crippen LogP contribution in [0, 0.1) is 17.8 Å². The van der Waals surface area contributed by atoms with Crippen LogP contribution in [-0.4, -0.2) is 35.0 Å². The number of pyridine rings is 2. The Kier molecular flexibility index (Phi) is 6.70. The lowest BCUT2D eigenvalue weighted by Gasteiger charge is -2.43. The third-order valence-electron chi connectivity index (χ3n) is 7.50. The summed E-state index contributed by atoms with van der Waals surface area (Å²) >= 11 is 0. The number of alkyl halides is 5. The van der Waals surface area contributed by atoms with E-state index < -0.39 is 48.1 Å². The lowest BCUT2D eigenvalue weighted by Crippen LogP contribution is -2.37. The highest BCUT2D eigenvalue weighted by Crippen LogP contribution is 2.51. The first-order valence-electron chi connectivity index (χ1n) is 11.7. The van der Waals surface area contributed by atoms with Crippen molar-refractivity contribution < 1.29 is 26.7 Å². The summed E-state index contributed by atoms with van der Waals surface area (Å²) in [6.45, 7) is 0. The summed E-state index contributed by atoms with van der Waals surface area (Å²) in [5.41, 5.74) is 0.212. The van der Waals surface area contributed by atoms with Crippen LogP contribution in [0.15, 0.2) is 23.1 Å². The second-order valence-corrected chi connectivity index (χ2v) is 9.72. The SMILES string of the molecule is CNC(=O)c1nccc2[nH]c([C@@H]3CC(F)(F)CCC3C3CCC(CC(F)(F)F)CC3)cc(=O)c12. The van der Waals surface area contributed by atoms with E-state index in [-0.39, 0.29) is 35.8 Å². The summed E-state index contributed by atoms with van der Waals surface area (Å²) in [5, 5.41) is 2.53. The molecule has 0 bridgehead atoms. The predicted octanol–water partition coefficient (Wildman–Crippen LogP) is 5.56. The summed E-state index contributed by atoms with van der Waals surface area (Å²) < 4.78 is 67.3. The first-order valence-corrected chi connectivity index (χ1v) is 11.7. The molecule has 2 heterocycles. The maximum absolute atomic E-state index is 14.5. The molecule has 0 aromatic carbocycles. The van der Waals surface area contributed by atoms with Crippen LogP contribution in [0.4, 0.5) is 22.0 Å². The molecule has 2 N–H and O–H groups in total. The van der Waals surface area contributed by atoms with Gasteiger partial charge in [-0.15, -0.1) is 0 Å². The molecule has 2 aromatic rings. The van der Waals surface area contributed by atoms with E-state index >= 15 is 0 Å². The normalized spacial score (nSPS) is 27.5. The van der Waals surface area contributed by atoms with Crippen LogP contribution in [0.25, 0.3) is 10.9 Å². The standard InChI is InChI=1S/C24H28F5N3O2/c1-30-22(34)21-20-17(7-9-31-21)32-18(10-19(20)33)16-12-23(25,26)8-6-15(16)14-4-2-13(3-5-14)11-24(27,28)29/h7,9-10,13-16H,2-6,8,11-12H2,1H3,(H,30,34)(H,32,33)/t13?,14?,15?,16-/m1/s1. The van der Waals surface area contributed by atoms with Gasteiger partial charge in [0.05, 0.1) is 10.9 Å². The van der Waals surface area contributed by atoms with Gasteiger partial charge in [-0.3, -0.25) is 14.6 Å². The van der Waals surface area contributed by atoms with Crippen LogP contribution in [0.1, 0.15) is 73.5 Å². The van der Waals surface area contributed by atoms with Crippen LogP contribution >= 0.6 is 0 Å². The highest BCUT2D eigenvalue weighted by molar-refractivity contribution is 6.04. The fraction of sp³-hybridized carbons (Fsp3) is 0.625. The number of carbonyl (C=O) groups excluding carboxylic acids is 1. The number of hydrogen-bond acceptors (Lipinski definition) is 3. The van der Waals surface area contributed by atoms with E-state index in [9.17, 15) is 31.5 Å². The Hall–Kier alpha value is -2.52. The van der Waals surface area contributed by atoms with Gasteiger partial charge >= 0.3 is 6.18 Å². The zero-order valence-electron chi connectivity index (χ0n) is 18.9. The molecule has 0 saturated heterocycles. The van der Waals surface area contributed by atoms with Gasteiger partial charge in [0.15, 0.2) is 5.43 Å². The van der Waals surface area contributed by atoms with Crippen molar-refractivity contribution in [2.45, 2.75) is 69.4 Å². The molecule has 5 nitrogen and oxygen atoms in total. The van der Waals surface area contributed by atoms with E-state index in [1.807, 2.05) is 0 Å². The highest BCUT2D eigenvalue weighted by Gasteiger charge is 2.46. The highest BCUT2D eigenvalue weighted by atomic mass is 19.4. The van der Waals surface area contributed by atoms with Crippen LogP contribution in [0.3, 0.4) is 0 Å². The molecule has 2 aromatic heterocycles. The number of aromatic nitrogens is 2. The van der Waals surface area contributed by atoms with Gasteiger partial charge in [0.25, 0.3) is 5.91 Å². The number of H-pyrrole nitrogens is 1. The fourth-order valence-electron chi connectivity index (χ4n) is 5.92. The monoisotopic (exact) mass is 485 g/mol. The molecule has 4 rings (SSSR count). The third-order valence-corrected chi connectivity index (χ3v) is 7.50. The van der Waals surface area contributed by atoms with E-state index in [0.717, 1.165) is 0 Å². The molecular formula is C24H28F5N3O2. The van der Waals surface area contributed by atoms with Crippen molar-refractivity contribution in [2.24, 2.45) is 17.8 Å². The average Bonchev–Trinajstić information content (AvgIpc) is 2.77. The minimum atomic E-state index is -4.19. The predicted molar refractivity (Wildman–Crippen MR) is 117 cm³/mol. The van der Waals surface area contributed by atoms with Gasteiger partial charge in [-0.25, -0.2) is 8.78 Å². The number of fused-ring (bicyclic) bond motifs is 1. The van der Waals surface area contributed by atoms with E-state index in [2.05, 4.69) is 15.3 Å². The van der Waals surface area contributed by atoms with Crippen LogP contribution in [0.2, 0.25) is 0 Å². The molecule has 1 amide bonds. The van der Waals surface area contributed by atoms with Crippen molar-refractivity contribution in [1.29, 1.82) is 0 Å². The summed E-state index contributed by atoms with van der Waals surface area (Å²) in [4.78, 5) is 32.2. The van der Waals surface area contributed by atoms with Crippen molar-refractivity contribution in [2.75, 3.05) is 7.05 Å². The molecule has 1 unspecified atom stereocenters. The van der Waals surface area contributed by atoms with E-state index in [0.29, 0.717) is 36.9 Å². The summed E-state index contributed by atoms with van der Waals surface area (Å²) in [7, 11) is 1.42. The minimum absolute atomic E-state index is 0.0312. The molecule has 34 heavy (non-hydrogen) atoms. The molecule has 2 saturated carbocycles. The van der Waals surface area contributed by atoms with E-state index in [1.54, 1.807) is 0 Å². The number of amides is 1. The number of nitrogens with one attached hydrogen (secondary N) is 2.